The van der Waals surface area contributed by atoms with Gasteiger partial charge in [0.1, 0.15) is 5.82 Å². The Morgan fingerprint density at radius 1 is 1.12 bits per heavy atom. The van der Waals surface area contributed by atoms with Crippen molar-refractivity contribution >= 4 is 39.9 Å². The summed E-state index contributed by atoms with van der Waals surface area (Å²) in [5, 5.41) is 8.98. The molecule has 0 atom stereocenters. The summed E-state index contributed by atoms with van der Waals surface area (Å²) in [5.41, 5.74) is 0.412. The molecule has 33 heavy (non-hydrogen) atoms. The second kappa shape index (κ2) is 8.45. The molecule has 1 aromatic carbocycles. The molecule has 0 radical (unpaired) electrons. The SMILES string of the molecule is Cc1nsc(N2CCC(Nc3nc4c(-c5cc(C(F)(F)F)ccc5Cl)cccn4n3)CC2)n1. The second-order valence-corrected chi connectivity index (χ2v) is 8.99. The third kappa shape index (κ3) is 4.47. The molecular weight excluding hydrogens is 475 g/mol. The number of benzene rings is 1. The maximum atomic E-state index is 13.2. The molecule has 1 aliphatic heterocycles. The minimum atomic E-state index is -4.47. The minimum absolute atomic E-state index is 0.174. The van der Waals surface area contributed by atoms with Crippen LogP contribution in [0.25, 0.3) is 16.8 Å². The van der Waals surface area contributed by atoms with Crippen molar-refractivity contribution in [2.45, 2.75) is 32.0 Å². The van der Waals surface area contributed by atoms with E-state index in [-0.39, 0.29) is 16.6 Å². The quantitative estimate of drug-likeness (QED) is 0.415. The molecule has 4 heterocycles. The summed E-state index contributed by atoms with van der Waals surface area (Å²) in [4.78, 5) is 11.2. The Hall–Kier alpha value is -2.92. The van der Waals surface area contributed by atoms with Crippen molar-refractivity contribution in [2.75, 3.05) is 23.3 Å². The highest BCUT2D eigenvalue weighted by atomic mass is 35.5. The third-order valence-electron chi connectivity index (χ3n) is 5.56. The van der Waals surface area contributed by atoms with E-state index in [4.69, 9.17) is 11.6 Å². The molecule has 1 saturated heterocycles. The van der Waals surface area contributed by atoms with Gasteiger partial charge in [0.25, 0.3) is 0 Å². The van der Waals surface area contributed by atoms with Crippen molar-refractivity contribution in [3.8, 4) is 11.1 Å². The van der Waals surface area contributed by atoms with Crippen molar-refractivity contribution in [3.63, 3.8) is 0 Å². The lowest BCUT2D eigenvalue weighted by molar-refractivity contribution is -0.137. The van der Waals surface area contributed by atoms with Gasteiger partial charge >= 0.3 is 6.18 Å². The molecule has 0 bridgehead atoms. The van der Waals surface area contributed by atoms with Crippen LogP contribution in [0.2, 0.25) is 5.02 Å². The lowest BCUT2D eigenvalue weighted by Gasteiger charge is -2.31. The zero-order chi connectivity index (χ0) is 23.2. The van der Waals surface area contributed by atoms with Crippen LogP contribution in [0.3, 0.4) is 0 Å². The van der Waals surface area contributed by atoms with Gasteiger partial charge < -0.3 is 10.2 Å². The van der Waals surface area contributed by atoms with Gasteiger partial charge in [-0.2, -0.15) is 22.5 Å². The van der Waals surface area contributed by atoms with Gasteiger partial charge in [-0.1, -0.05) is 11.6 Å². The number of anilines is 2. The van der Waals surface area contributed by atoms with E-state index in [1.807, 2.05) is 6.92 Å². The topological polar surface area (TPSA) is 71.2 Å². The average Bonchev–Trinajstić information content (AvgIpc) is 3.39. The number of rotatable bonds is 4. The number of aromatic nitrogens is 5. The zero-order valence-electron chi connectivity index (χ0n) is 17.5. The van der Waals surface area contributed by atoms with Crippen LogP contribution in [0.4, 0.5) is 24.3 Å². The molecule has 0 amide bonds. The Balaban J connectivity index is 1.37. The van der Waals surface area contributed by atoms with Crippen molar-refractivity contribution in [1.29, 1.82) is 0 Å². The fraction of sp³-hybridized carbons (Fsp3) is 0.333. The molecule has 3 aromatic heterocycles. The Morgan fingerprint density at radius 2 is 1.91 bits per heavy atom. The van der Waals surface area contributed by atoms with Crippen LogP contribution in [0.5, 0.6) is 0 Å². The molecule has 1 aliphatic rings. The highest BCUT2D eigenvalue weighted by Gasteiger charge is 2.31. The largest absolute Gasteiger partial charge is 0.416 e. The van der Waals surface area contributed by atoms with Crippen molar-refractivity contribution in [3.05, 3.63) is 52.9 Å². The third-order valence-corrected chi connectivity index (χ3v) is 6.76. The first-order chi connectivity index (χ1) is 15.8. The Labute approximate surface area is 196 Å². The van der Waals surface area contributed by atoms with Crippen LogP contribution >= 0.6 is 23.1 Å². The molecule has 0 spiro atoms. The van der Waals surface area contributed by atoms with E-state index in [2.05, 4.69) is 29.7 Å². The molecular formula is C21H19ClF3N7S. The number of piperidine rings is 1. The van der Waals surface area contributed by atoms with Crippen LogP contribution in [-0.4, -0.2) is 43.1 Å². The normalized spacial score (nSPS) is 15.4. The molecule has 1 fully saturated rings. The van der Waals surface area contributed by atoms with Crippen LogP contribution in [0.1, 0.15) is 24.2 Å². The van der Waals surface area contributed by atoms with Gasteiger partial charge in [0.05, 0.1) is 5.56 Å². The number of halogens is 4. The minimum Gasteiger partial charge on any atom is -0.350 e. The summed E-state index contributed by atoms with van der Waals surface area (Å²) in [5.74, 6) is 1.21. The van der Waals surface area contributed by atoms with Gasteiger partial charge in [0, 0.05) is 53.0 Å². The number of alkyl halides is 3. The van der Waals surface area contributed by atoms with E-state index < -0.39 is 11.7 Å². The summed E-state index contributed by atoms with van der Waals surface area (Å²) in [7, 11) is 0. The van der Waals surface area contributed by atoms with Crippen LogP contribution < -0.4 is 10.2 Å². The van der Waals surface area contributed by atoms with Crippen LogP contribution in [0.15, 0.2) is 36.5 Å². The average molecular weight is 494 g/mol. The Bertz CT molecular complexity index is 1290. The summed E-state index contributed by atoms with van der Waals surface area (Å²) in [6.45, 7) is 3.56. The standard InChI is InChI=1S/C21H19ClF3N7S/c1-12-26-20(33-30-12)31-9-6-14(7-10-31)27-19-28-18-15(3-2-8-32(18)29-19)16-11-13(21(23,24)25)4-5-17(16)22/h2-5,8,11,14H,6-7,9-10H2,1H3,(H,27,29). The number of nitrogens with zero attached hydrogens (tertiary/aromatic N) is 6. The maximum Gasteiger partial charge on any atom is 0.416 e. The van der Waals surface area contributed by atoms with Crippen molar-refractivity contribution in [2.24, 2.45) is 0 Å². The Morgan fingerprint density at radius 3 is 2.61 bits per heavy atom. The number of hydrogen-bond acceptors (Lipinski definition) is 7. The van der Waals surface area contributed by atoms with E-state index in [9.17, 15) is 13.2 Å². The van der Waals surface area contributed by atoms with E-state index in [0.29, 0.717) is 17.2 Å². The summed E-state index contributed by atoms with van der Waals surface area (Å²) in [6.07, 6.45) is -1.01. The Kier molecular flexibility index (Phi) is 5.61. The van der Waals surface area contributed by atoms with Gasteiger partial charge in [-0.05, 0) is 50.1 Å². The number of nitrogens with one attached hydrogen (secondary N) is 1. The van der Waals surface area contributed by atoms with E-state index >= 15 is 0 Å². The predicted octanol–water partition coefficient (Wildman–Crippen LogP) is 5.31. The molecule has 172 valence electrons. The second-order valence-electron chi connectivity index (χ2n) is 7.85. The number of hydrogen-bond donors (Lipinski definition) is 1. The molecule has 0 unspecified atom stereocenters. The summed E-state index contributed by atoms with van der Waals surface area (Å²) in [6, 6.07) is 6.85. The van der Waals surface area contributed by atoms with E-state index in [1.54, 1.807) is 22.8 Å². The molecule has 5 rings (SSSR count). The van der Waals surface area contributed by atoms with Gasteiger partial charge in [-0.3, -0.25) is 0 Å². The molecule has 4 aromatic rings. The fourth-order valence-electron chi connectivity index (χ4n) is 3.90. The summed E-state index contributed by atoms with van der Waals surface area (Å²) < 4.78 is 45.5. The van der Waals surface area contributed by atoms with E-state index in [1.165, 1.54) is 17.6 Å². The lowest BCUT2D eigenvalue weighted by atomic mass is 10.0. The molecule has 1 N–H and O–H groups in total. The number of fused-ring (bicyclic) bond motifs is 1. The highest BCUT2D eigenvalue weighted by molar-refractivity contribution is 7.09. The predicted molar refractivity (Wildman–Crippen MR) is 122 cm³/mol. The number of pyridine rings is 1. The smallest absolute Gasteiger partial charge is 0.350 e. The van der Waals surface area contributed by atoms with Crippen LogP contribution in [0, 0.1) is 6.92 Å². The summed E-state index contributed by atoms with van der Waals surface area (Å²) >= 11 is 7.66. The van der Waals surface area contributed by atoms with Gasteiger partial charge in [0.2, 0.25) is 11.1 Å². The van der Waals surface area contributed by atoms with Crippen molar-refractivity contribution in [1.82, 2.24) is 24.0 Å². The molecule has 0 aliphatic carbocycles. The first kappa shape index (κ1) is 21.9. The fourth-order valence-corrected chi connectivity index (χ4v) is 4.84. The maximum absolute atomic E-state index is 13.2. The first-order valence-electron chi connectivity index (χ1n) is 10.3. The van der Waals surface area contributed by atoms with Gasteiger partial charge in [0.15, 0.2) is 5.65 Å². The highest BCUT2D eigenvalue weighted by Crippen LogP contribution is 2.37. The van der Waals surface area contributed by atoms with Crippen LogP contribution in [-0.2, 0) is 6.18 Å². The lowest BCUT2D eigenvalue weighted by Crippen LogP contribution is -2.39. The van der Waals surface area contributed by atoms with Gasteiger partial charge in [-0.15, -0.1) is 5.10 Å². The first-order valence-corrected chi connectivity index (χ1v) is 11.5. The monoisotopic (exact) mass is 493 g/mol. The molecule has 0 saturated carbocycles. The zero-order valence-corrected chi connectivity index (χ0v) is 19.0. The molecule has 12 heteroatoms. The number of aryl methyl sites for hydroxylation is 1. The molecule has 7 nitrogen and oxygen atoms in total. The van der Waals surface area contributed by atoms with Gasteiger partial charge in [-0.25, -0.2) is 9.50 Å². The van der Waals surface area contributed by atoms with Crippen molar-refractivity contribution < 1.29 is 13.2 Å². The van der Waals surface area contributed by atoms with E-state index in [0.717, 1.165) is 49.0 Å².